The maximum atomic E-state index is 13.6. The second kappa shape index (κ2) is 10.2. The monoisotopic (exact) mass is 476 g/mol. The highest BCUT2D eigenvalue weighted by atomic mass is 16.2. The van der Waals surface area contributed by atoms with E-state index in [1.807, 2.05) is 85.8 Å². The molecule has 1 aliphatic heterocycles. The number of unbranched alkanes of at least 4 members (excludes halogenated alkanes) is 1. The molecule has 1 fully saturated rings. The van der Waals surface area contributed by atoms with Gasteiger partial charge in [0.15, 0.2) is 0 Å². The Kier molecular flexibility index (Phi) is 6.63. The molecule has 4 aromatic carbocycles. The van der Waals surface area contributed by atoms with Gasteiger partial charge in [-0.05, 0) is 57.7 Å². The molecule has 1 saturated heterocycles. The second-order valence-electron chi connectivity index (χ2n) is 9.08. The third kappa shape index (κ3) is 4.40. The zero-order valence-corrected chi connectivity index (χ0v) is 20.3. The first-order chi connectivity index (χ1) is 17.6. The maximum Gasteiger partial charge on any atom is 0.333 e. The van der Waals surface area contributed by atoms with E-state index in [1.165, 1.54) is 9.80 Å². The Morgan fingerprint density at radius 3 is 2.03 bits per heavy atom. The van der Waals surface area contributed by atoms with Crippen LogP contribution in [0.2, 0.25) is 0 Å². The predicted octanol–water partition coefficient (Wildman–Crippen LogP) is 6.21. The Bertz CT molecular complexity index is 1490. The van der Waals surface area contributed by atoms with E-state index in [0.717, 1.165) is 39.1 Å². The van der Waals surface area contributed by atoms with Crippen LogP contribution in [0.5, 0.6) is 0 Å². The van der Waals surface area contributed by atoms with Gasteiger partial charge in [0.1, 0.15) is 5.57 Å². The van der Waals surface area contributed by atoms with Gasteiger partial charge in [0.25, 0.3) is 11.8 Å². The highest BCUT2D eigenvalue weighted by Gasteiger charge is 2.41. The van der Waals surface area contributed by atoms with Gasteiger partial charge in [-0.2, -0.15) is 0 Å². The fraction of sp³-hybridized carbons (Fsp3) is 0.194. The van der Waals surface area contributed by atoms with Gasteiger partial charge in [0.2, 0.25) is 0 Å². The van der Waals surface area contributed by atoms with E-state index in [2.05, 4.69) is 6.07 Å². The van der Waals surface area contributed by atoms with E-state index < -0.39 is 17.8 Å². The maximum absolute atomic E-state index is 13.6. The number of barbiturate groups is 1. The number of amides is 4. The molecule has 4 amide bonds. The molecule has 0 saturated carbocycles. The van der Waals surface area contributed by atoms with Crippen LogP contribution in [0.1, 0.15) is 30.9 Å². The molecular weight excluding hydrogens is 448 g/mol. The number of urea groups is 1. The molecule has 0 bridgehead atoms. The van der Waals surface area contributed by atoms with Gasteiger partial charge in [-0.3, -0.25) is 19.4 Å². The summed E-state index contributed by atoms with van der Waals surface area (Å²) in [7, 11) is 0. The summed E-state index contributed by atoms with van der Waals surface area (Å²) in [6, 6.07) is 27.3. The average Bonchev–Trinajstić information content (AvgIpc) is 2.91. The minimum Gasteiger partial charge on any atom is -0.268 e. The third-order valence-corrected chi connectivity index (χ3v) is 6.71. The molecule has 5 nitrogen and oxygen atoms in total. The normalized spacial score (nSPS) is 15.5. The Hall–Kier alpha value is -4.25. The molecule has 36 heavy (non-hydrogen) atoms. The SMILES string of the molecule is CCCCN1C(=O)/C(=C\c2cc3ccccc3c3ccccc23)C(=O)N(CCc2ccccc2)C1=O. The molecule has 5 rings (SSSR count). The van der Waals surface area contributed by atoms with Crippen LogP contribution in [-0.4, -0.2) is 40.7 Å². The molecule has 1 heterocycles. The molecule has 0 aliphatic carbocycles. The zero-order chi connectivity index (χ0) is 25.1. The van der Waals surface area contributed by atoms with Gasteiger partial charge < -0.3 is 0 Å². The Morgan fingerprint density at radius 1 is 0.694 bits per heavy atom. The van der Waals surface area contributed by atoms with Gasteiger partial charge in [0.05, 0.1) is 0 Å². The first-order valence-corrected chi connectivity index (χ1v) is 12.4. The molecule has 0 N–H and O–H groups in total. The van der Waals surface area contributed by atoms with Gasteiger partial charge in [-0.1, -0.05) is 92.2 Å². The van der Waals surface area contributed by atoms with Crippen molar-refractivity contribution in [3.8, 4) is 0 Å². The Labute approximate surface area is 210 Å². The minimum atomic E-state index is -0.536. The molecule has 0 aromatic heterocycles. The first-order valence-electron chi connectivity index (χ1n) is 12.4. The molecule has 0 atom stereocenters. The number of carbonyl (C=O) groups is 3. The van der Waals surface area contributed by atoms with E-state index in [0.29, 0.717) is 19.4 Å². The summed E-state index contributed by atoms with van der Waals surface area (Å²) in [4.78, 5) is 42.7. The number of hydrogen-bond acceptors (Lipinski definition) is 3. The van der Waals surface area contributed by atoms with E-state index in [4.69, 9.17) is 0 Å². The minimum absolute atomic E-state index is 0.0270. The van der Waals surface area contributed by atoms with Crippen LogP contribution >= 0.6 is 0 Å². The molecule has 0 spiro atoms. The summed E-state index contributed by atoms with van der Waals surface area (Å²) < 4.78 is 0. The van der Waals surface area contributed by atoms with Gasteiger partial charge in [-0.25, -0.2) is 4.79 Å². The van der Waals surface area contributed by atoms with Crippen LogP contribution in [-0.2, 0) is 16.0 Å². The molecule has 0 radical (unpaired) electrons. The lowest BCUT2D eigenvalue weighted by molar-refractivity contribution is -0.135. The van der Waals surface area contributed by atoms with Crippen molar-refractivity contribution in [2.45, 2.75) is 26.2 Å². The van der Waals surface area contributed by atoms with Gasteiger partial charge >= 0.3 is 6.03 Å². The number of rotatable bonds is 7. The number of carbonyl (C=O) groups excluding carboxylic acids is 3. The first kappa shape index (κ1) is 23.5. The highest BCUT2D eigenvalue weighted by molar-refractivity contribution is 6.31. The van der Waals surface area contributed by atoms with Crippen LogP contribution in [0.15, 0.2) is 90.5 Å². The van der Waals surface area contributed by atoms with E-state index >= 15 is 0 Å². The summed E-state index contributed by atoms with van der Waals surface area (Å²) >= 11 is 0. The Balaban J connectivity index is 1.59. The topological polar surface area (TPSA) is 57.7 Å². The average molecular weight is 477 g/mol. The van der Waals surface area contributed by atoms with Crippen molar-refractivity contribution in [2.75, 3.05) is 13.1 Å². The molecule has 1 aliphatic rings. The fourth-order valence-electron chi connectivity index (χ4n) is 4.78. The quantitative estimate of drug-likeness (QED) is 0.181. The number of benzene rings is 4. The van der Waals surface area contributed by atoms with Crippen molar-refractivity contribution >= 4 is 45.5 Å². The summed E-state index contributed by atoms with van der Waals surface area (Å²) in [5.74, 6) is -1.06. The van der Waals surface area contributed by atoms with Crippen LogP contribution in [0.25, 0.3) is 27.6 Å². The van der Waals surface area contributed by atoms with Crippen LogP contribution in [0.3, 0.4) is 0 Å². The second-order valence-corrected chi connectivity index (χ2v) is 9.08. The van der Waals surface area contributed by atoms with E-state index in [1.54, 1.807) is 6.08 Å². The van der Waals surface area contributed by atoms with Gasteiger partial charge in [-0.15, -0.1) is 0 Å². The van der Waals surface area contributed by atoms with Crippen molar-refractivity contribution in [1.82, 2.24) is 9.80 Å². The summed E-state index contributed by atoms with van der Waals surface area (Å²) in [6.07, 6.45) is 3.72. The molecule has 180 valence electrons. The lowest BCUT2D eigenvalue weighted by Crippen LogP contribution is -2.56. The summed E-state index contributed by atoms with van der Waals surface area (Å²) in [5, 5.41) is 4.15. The molecular formula is C31H28N2O3. The van der Waals surface area contributed by atoms with Crippen LogP contribution in [0, 0.1) is 0 Å². The number of nitrogens with zero attached hydrogens (tertiary/aromatic N) is 2. The van der Waals surface area contributed by atoms with Crippen LogP contribution < -0.4 is 0 Å². The highest BCUT2D eigenvalue weighted by Crippen LogP contribution is 2.31. The summed E-state index contributed by atoms with van der Waals surface area (Å²) in [6.45, 7) is 2.52. The zero-order valence-electron chi connectivity index (χ0n) is 20.3. The largest absolute Gasteiger partial charge is 0.333 e. The van der Waals surface area contributed by atoms with Crippen molar-refractivity contribution in [3.05, 3.63) is 102 Å². The van der Waals surface area contributed by atoms with Crippen molar-refractivity contribution in [2.24, 2.45) is 0 Å². The lowest BCUT2D eigenvalue weighted by atomic mass is 9.95. The fourth-order valence-corrected chi connectivity index (χ4v) is 4.78. The molecule has 0 unspecified atom stereocenters. The van der Waals surface area contributed by atoms with E-state index in [-0.39, 0.29) is 12.1 Å². The predicted molar refractivity (Wildman–Crippen MR) is 143 cm³/mol. The standard InChI is InChI=1S/C31H28N2O3/c1-2-3-18-32-29(34)28(30(35)33(31(32)36)19-17-22-11-5-4-6-12-22)21-24-20-23-13-7-8-14-25(23)27-16-10-9-15-26(24)27/h4-16,20-21H,2-3,17-19H2,1H3/b28-21+. The molecule has 4 aromatic rings. The van der Waals surface area contributed by atoms with Crippen molar-refractivity contribution < 1.29 is 14.4 Å². The molecule has 5 heteroatoms. The Morgan fingerprint density at radius 2 is 1.31 bits per heavy atom. The van der Waals surface area contributed by atoms with Gasteiger partial charge in [0, 0.05) is 13.1 Å². The number of imide groups is 2. The van der Waals surface area contributed by atoms with E-state index in [9.17, 15) is 14.4 Å². The van der Waals surface area contributed by atoms with Crippen LogP contribution in [0.4, 0.5) is 4.79 Å². The number of fused-ring (bicyclic) bond motifs is 3. The van der Waals surface area contributed by atoms with Crippen molar-refractivity contribution in [1.29, 1.82) is 0 Å². The number of hydrogen-bond donors (Lipinski definition) is 0. The van der Waals surface area contributed by atoms with Crippen molar-refractivity contribution in [3.63, 3.8) is 0 Å². The summed E-state index contributed by atoms with van der Waals surface area (Å²) in [5.41, 5.74) is 1.84. The third-order valence-electron chi connectivity index (χ3n) is 6.71. The smallest absolute Gasteiger partial charge is 0.268 e. The lowest BCUT2D eigenvalue weighted by Gasteiger charge is -2.34.